The van der Waals surface area contributed by atoms with Gasteiger partial charge in [-0.05, 0) is 34.1 Å². The molecular formula is C20H24O. The fraction of sp³-hybridized carbons (Fsp3) is 0.350. The third-order valence-corrected chi connectivity index (χ3v) is 3.83. The van der Waals surface area contributed by atoms with Gasteiger partial charge >= 0.3 is 0 Å². The summed E-state index contributed by atoms with van der Waals surface area (Å²) in [5, 5.41) is 0. The molecule has 0 bridgehead atoms. The Kier molecular flexibility index (Phi) is 4.62. The molecule has 0 spiro atoms. The predicted octanol–water partition coefficient (Wildman–Crippen LogP) is 5.03. The van der Waals surface area contributed by atoms with Gasteiger partial charge in [-0.3, -0.25) is 0 Å². The Hall–Kier alpha value is -1.89. The SMILES string of the molecule is CC(C=O)Cc1ccc(C(C)(C)C)cc1-c1ccccc1. The van der Waals surface area contributed by atoms with Crippen LogP contribution in [0.25, 0.3) is 11.1 Å². The zero-order valence-corrected chi connectivity index (χ0v) is 13.4. The van der Waals surface area contributed by atoms with Crippen LogP contribution in [0.4, 0.5) is 0 Å². The molecule has 0 N–H and O–H groups in total. The Morgan fingerprint density at radius 1 is 1.05 bits per heavy atom. The Morgan fingerprint density at radius 2 is 1.71 bits per heavy atom. The van der Waals surface area contributed by atoms with Gasteiger partial charge in [0.25, 0.3) is 0 Å². The standard InChI is InChI=1S/C20H24O/c1-15(14-21)12-17-10-11-18(20(2,3)4)13-19(17)16-8-6-5-7-9-16/h5-11,13-15H,12H2,1-4H3. The average molecular weight is 280 g/mol. The molecular weight excluding hydrogens is 256 g/mol. The molecule has 21 heavy (non-hydrogen) atoms. The van der Waals surface area contributed by atoms with Crippen LogP contribution in [0, 0.1) is 5.92 Å². The molecule has 0 heterocycles. The average Bonchev–Trinajstić information content (AvgIpc) is 2.47. The molecule has 2 aromatic carbocycles. The van der Waals surface area contributed by atoms with Crippen molar-refractivity contribution in [2.45, 2.75) is 39.5 Å². The zero-order valence-electron chi connectivity index (χ0n) is 13.4. The second-order valence-corrected chi connectivity index (χ2v) is 6.81. The summed E-state index contributed by atoms with van der Waals surface area (Å²) >= 11 is 0. The number of carbonyl (C=O) groups is 1. The van der Waals surface area contributed by atoms with E-state index in [1.807, 2.05) is 13.0 Å². The smallest absolute Gasteiger partial charge is 0.123 e. The normalized spacial score (nSPS) is 13.0. The molecule has 1 nitrogen and oxygen atoms in total. The lowest BCUT2D eigenvalue weighted by molar-refractivity contribution is -0.110. The summed E-state index contributed by atoms with van der Waals surface area (Å²) in [5.74, 6) is 0.0490. The second-order valence-electron chi connectivity index (χ2n) is 6.81. The van der Waals surface area contributed by atoms with Crippen LogP contribution in [0.15, 0.2) is 48.5 Å². The van der Waals surface area contributed by atoms with E-state index in [0.29, 0.717) is 0 Å². The number of hydrogen-bond acceptors (Lipinski definition) is 1. The number of benzene rings is 2. The summed E-state index contributed by atoms with van der Waals surface area (Å²) in [6.45, 7) is 8.65. The molecule has 0 aromatic heterocycles. The minimum Gasteiger partial charge on any atom is -0.303 e. The summed E-state index contributed by atoms with van der Waals surface area (Å²) in [5.41, 5.74) is 5.16. The van der Waals surface area contributed by atoms with Crippen LogP contribution >= 0.6 is 0 Å². The van der Waals surface area contributed by atoms with Crippen LogP contribution in [-0.4, -0.2) is 6.29 Å². The Labute approximate surface area is 128 Å². The van der Waals surface area contributed by atoms with E-state index in [2.05, 4.69) is 63.2 Å². The first-order chi connectivity index (χ1) is 9.91. The van der Waals surface area contributed by atoms with E-state index in [1.165, 1.54) is 22.3 Å². The molecule has 0 radical (unpaired) electrons. The van der Waals surface area contributed by atoms with Crippen molar-refractivity contribution >= 4 is 6.29 Å². The van der Waals surface area contributed by atoms with Gasteiger partial charge in [-0.25, -0.2) is 0 Å². The first-order valence-corrected chi connectivity index (χ1v) is 7.56. The molecule has 2 aromatic rings. The highest BCUT2D eigenvalue weighted by atomic mass is 16.1. The summed E-state index contributed by atoms with van der Waals surface area (Å²) in [7, 11) is 0. The molecule has 1 atom stereocenters. The number of rotatable bonds is 4. The fourth-order valence-corrected chi connectivity index (χ4v) is 2.50. The highest BCUT2D eigenvalue weighted by Crippen LogP contribution is 2.31. The zero-order chi connectivity index (χ0) is 15.5. The van der Waals surface area contributed by atoms with Gasteiger partial charge in [-0.1, -0.05) is 76.2 Å². The van der Waals surface area contributed by atoms with Crippen LogP contribution in [0.5, 0.6) is 0 Å². The van der Waals surface area contributed by atoms with E-state index in [0.717, 1.165) is 12.7 Å². The molecule has 110 valence electrons. The monoisotopic (exact) mass is 280 g/mol. The topological polar surface area (TPSA) is 17.1 Å². The van der Waals surface area contributed by atoms with E-state index in [1.54, 1.807) is 0 Å². The summed E-state index contributed by atoms with van der Waals surface area (Å²) in [6.07, 6.45) is 1.82. The van der Waals surface area contributed by atoms with E-state index in [9.17, 15) is 4.79 Å². The first kappa shape index (κ1) is 15.5. The maximum Gasteiger partial charge on any atom is 0.123 e. The lowest BCUT2D eigenvalue weighted by Crippen LogP contribution is -2.12. The van der Waals surface area contributed by atoms with Crippen LogP contribution < -0.4 is 0 Å². The van der Waals surface area contributed by atoms with E-state index < -0.39 is 0 Å². The van der Waals surface area contributed by atoms with Crippen LogP contribution in [0.1, 0.15) is 38.8 Å². The second kappa shape index (κ2) is 6.26. The molecule has 0 saturated heterocycles. The molecule has 0 saturated carbocycles. The van der Waals surface area contributed by atoms with Gasteiger partial charge in [0.05, 0.1) is 0 Å². The van der Waals surface area contributed by atoms with Gasteiger partial charge in [0.1, 0.15) is 6.29 Å². The van der Waals surface area contributed by atoms with Crippen molar-refractivity contribution in [1.82, 2.24) is 0 Å². The molecule has 0 aliphatic heterocycles. The maximum atomic E-state index is 11.0. The van der Waals surface area contributed by atoms with Crippen LogP contribution in [0.3, 0.4) is 0 Å². The summed E-state index contributed by atoms with van der Waals surface area (Å²) < 4.78 is 0. The van der Waals surface area contributed by atoms with E-state index in [4.69, 9.17) is 0 Å². The highest BCUT2D eigenvalue weighted by Gasteiger charge is 2.17. The molecule has 2 rings (SSSR count). The molecule has 0 fully saturated rings. The number of hydrogen-bond donors (Lipinski definition) is 0. The van der Waals surface area contributed by atoms with E-state index in [-0.39, 0.29) is 11.3 Å². The number of carbonyl (C=O) groups excluding carboxylic acids is 1. The van der Waals surface area contributed by atoms with E-state index >= 15 is 0 Å². The van der Waals surface area contributed by atoms with Crippen molar-refractivity contribution in [3.8, 4) is 11.1 Å². The van der Waals surface area contributed by atoms with Crippen LogP contribution in [0.2, 0.25) is 0 Å². The minimum absolute atomic E-state index is 0.0490. The Bertz CT molecular complexity index is 605. The Balaban J connectivity index is 2.53. The van der Waals surface area contributed by atoms with Gasteiger partial charge in [0, 0.05) is 5.92 Å². The highest BCUT2D eigenvalue weighted by molar-refractivity contribution is 5.69. The van der Waals surface area contributed by atoms with Crippen LogP contribution in [-0.2, 0) is 16.6 Å². The molecule has 1 heteroatoms. The molecule has 0 aliphatic carbocycles. The van der Waals surface area contributed by atoms with Crippen molar-refractivity contribution in [1.29, 1.82) is 0 Å². The van der Waals surface area contributed by atoms with Crippen molar-refractivity contribution < 1.29 is 4.79 Å². The third-order valence-electron chi connectivity index (χ3n) is 3.83. The quantitative estimate of drug-likeness (QED) is 0.718. The third kappa shape index (κ3) is 3.81. The van der Waals surface area contributed by atoms with Crippen molar-refractivity contribution in [3.63, 3.8) is 0 Å². The maximum absolute atomic E-state index is 11.0. The minimum atomic E-state index is 0.0490. The molecule has 0 aliphatic rings. The lowest BCUT2D eigenvalue weighted by Gasteiger charge is -2.22. The van der Waals surface area contributed by atoms with Gasteiger partial charge in [-0.2, -0.15) is 0 Å². The van der Waals surface area contributed by atoms with Crippen molar-refractivity contribution in [2.24, 2.45) is 5.92 Å². The van der Waals surface area contributed by atoms with Gasteiger partial charge in [-0.15, -0.1) is 0 Å². The lowest BCUT2D eigenvalue weighted by atomic mass is 9.83. The van der Waals surface area contributed by atoms with Gasteiger partial charge in [0.15, 0.2) is 0 Å². The van der Waals surface area contributed by atoms with Crippen molar-refractivity contribution in [3.05, 3.63) is 59.7 Å². The summed E-state index contributed by atoms with van der Waals surface area (Å²) in [6, 6.07) is 17.1. The predicted molar refractivity (Wildman–Crippen MR) is 89.5 cm³/mol. The van der Waals surface area contributed by atoms with Gasteiger partial charge in [0.2, 0.25) is 0 Å². The largest absolute Gasteiger partial charge is 0.303 e. The first-order valence-electron chi connectivity index (χ1n) is 7.56. The summed E-state index contributed by atoms with van der Waals surface area (Å²) in [4.78, 5) is 11.0. The van der Waals surface area contributed by atoms with Crippen molar-refractivity contribution in [2.75, 3.05) is 0 Å². The Morgan fingerprint density at radius 3 is 2.29 bits per heavy atom. The van der Waals surface area contributed by atoms with Gasteiger partial charge < -0.3 is 4.79 Å². The fourth-order valence-electron chi connectivity index (χ4n) is 2.50. The number of aldehydes is 1. The molecule has 1 unspecified atom stereocenters. The molecule has 0 amide bonds.